The predicted octanol–water partition coefficient (Wildman–Crippen LogP) is 2.31. The third-order valence-corrected chi connectivity index (χ3v) is 1.82. The molecule has 1 heterocycles. The van der Waals surface area contributed by atoms with Crippen LogP contribution in [0.3, 0.4) is 0 Å². The van der Waals surface area contributed by atoms with Crippen molar-refractivity contribution in [3.05, 3.63) is 55.1 Å². The number of carbonyl (C=O) groups excluding carboxylic acids is 2. The summed E-state index contributed by atoms with van der Waals surface area (Å²) in [6.07, 6.45) is 4.30. The lowest BCUT2D eigenvalue weighted by Gasteiger charge is -2.12. The van der Waals surface area contributed by atoms with Crippen LogP contribution in [-0.2, 0) is 9.59 Å². The molecule has 0 N–H and O–H groups in total. The van der Waals surface area contributed by atoms with E-state index >= 15 is 0 Å². The van der Waals surface area contributed by atoms with Crippen molar-refractivity contribution in [2.24, 2.45) is 0 Å². The van der Waals surface area contributed by atoms with Crippen LogP contribution in [-0.4, -0.2) is 11.8 Å². The maximum Gasteiger partial charge on any atom is 0.258 e. The van der Waals surface area contributed by atoms with Crippen LogP contribution in [0.15, 0.2) is 55.1 Å². The highest BCUT2D eigenvalue weighted by atomic mass is 16.2. The highest BCUT2D eigenvalue weighted by Crippen LogP contribution is 2.17. The Kier molecular flexibility index (Phi) is 4.21. The van der Waals surface area contributed by atoms with Crippen molar-refractivity contribution in [2.45, 2.75) is 6.92 Å². The molecule has 0 radical (unpaired) electrons. The lowest BCUT2D eigenvalue weighted by Crippen LogP contribution is -2.29. The van der Waals surface area contributed by atoms with Gasteiger partial charge in [-0.05, 0) is 19.1 Å². The summed E-state index contributed by atoms with van der Waals surface area (Å²) in [6, 6.07) is 8.86. The second-order valence-electron chi connectivity index (χ2n) is 3.09. The number of amides is 2. The van der Waals surface area contributed by atoms with E-state index in [0.717, 1.165) is 4.90 Å². The van der Waals surface area contributed by atoms with E-state index in [4.69, 9.17) is 0 Å². The first-order valence-corrected chi connectivity index (χ1v) is 4.89. The fourth-order valence-electron chi connectivity index (χ4n) is 1.23. The molecule has 82 valence electrons. The molecule has 0 unspecified atom stereocenters. The van der Waals surface area contributed by atoms with Gasteiger partial charge in [0.05, 0.1) is 5.69 Å². The van der Waals surface area contributed by atoms with Crippen molar-refractivity contribution < 1.29 is 9.59 Å². The van der Waals surface area contributed by atoms with Gasteiger partial charge in [0.2, 0.25) is 0 Å². The zero-order chi connectivity index (χ0) is 12.0. The van der Waals surface area contributed by atoms with E-state index in [9.17, 15) is 9.59 Å². The van der Waals surface area contributed by atoms with Gasteiger partial charge in [-0.2, -0.15) is 0 Å². The standard InChI is InChI=1S/C10H7NO2.C3H6/c12-9-6-7-10(13)11(9)8-4-2-1-3-5-8;1-3-2/h1-7H;3H,1H2,2H3. The number of rotatable bonds is 1. The van der Waals surface area contributed by atoms with E-state index < -0.39 is 0 Å². The van der Waals surface area contributed by atoms with E-state index in [-0.39, 0.29) is 11.8 Å². The number of hydrogen-bond acceptors (Lipinski definition) is 2. The van der Waals surface area contributed by atoms with E-state index in [1.165, 1.54) is 12.2 Å². The Labute approximate surface area is 94.7 Å². The van der Waals surface area contributed by atoms with E-state index in [1.807, 2.05) is 13.0 Å². The van der Waals surface area contributed by atoms with Gasteiger partial charge in [-0.15, -0.1) is 6.58 Å². The number of imide groups is 1. The summed E-state index contributed by atoms with van der Waals surface area (Å²) in [4.78, 5) is 23.5. The molecule has 0 bridgehead atoms. The highest BCUT2D eigenvalue weighted by Gasteiger charge is 2.24. The lowest BCUT2D eigenvalue weighted by molar-refractivity contribution is -0.119. The molecule has 1 aliphatic heterocycles. The molecule has 3 heteroatoms. The van der Waals surface area contributed by atoms with Gasteiger partial charge in [-0.3, -0.25) is 9.59 Å². The first kappa shape index (κ1) is 11.9. The molecule has 16 heavy (non-hydrogen) atoms. The minimum atomic E-state index is -0.281. The lowest BCUT2D eigenvalue weighted by atomic mass is 10.3. The number of para-hydroxylation sites is 1. The molecular formula is C13H13NO2. The summed E-state index contributed by atoms with van der Waals surface area (Å²) in [5, 5.41) is 0. The molecule has 1 aliphatic rings. The van der Waals surface area contributed by atoms with Gasteiger partial charge in [-0.1, -0.05) is 24.3 Å². The Balaban J connectivity index is 0.000000386. The Morgan fingerprint density at radius 1 is 1.06 bits per heavy atom. The van der Waals surface area contributed by atoms with Crippen LogP contribution in [0.25, 0.3) is 0 Å². The molecule has 0 saturated heterocycles. The third kappa shape index (κ3) is 2.67. The van der Waals surface area contributed by atoms with Gasteiger partial charge in [0, 0.05) is 12.2 Å². The maximum atomic E-state index is 11.2. The van der Waals surface area contributed by atoms with Gasteiger partial charge >= 0.3 is 0 Å². The Bertz CT molecular complexity index is 403. The van der Waals surface area contributed by atoms with Gasteiger partial charge in [0.15, 0.2) is 0 Å². The van der Waals surface area contributed by atoms with Crippen LogP contribution in [0.1, 0.15) is 6.92 Å². The zero-order valence-electron chi connectivity index (χ0n) is 9.09. The summed E-state index contributed by atoms with van der Waals surface area (Å²) < 4.78 is 0. The summed E-state index contributed by atoms with van der Waals surface area (Å²) in [5.74, 6) is -0.563. The average molecular weight is 215 g/mol. The van der Waals surface area contributed by atoms with Gasteiger partial charge in [0.25, 0.3) is 11.8 Å². The topological polar surface area (TPSA) is 37.4 Å². The smallest absolute Gasteiger partial charge is 0.258 e. The molecule has 1 aromatic carbocycles. The van der Waals surface area contributed by atoms with Crippen molar-refractivity contribution in [1.82, 2.24) is 0 Å². The SMILES string of the molecule is C=CC.O=C1C=CC(=O)N1c1ccccc1. The second kappa shape index (κ2) is 5.66. The predicted molar refractivity (Wildman–Crippen MR) is 63.9 cm³/mol. The first-order chi connectivity index (χ1) is 7.70. The van der Waals surface area contributed by atoms with Gasteiger partial charge in [0.1, 0.15) is 0 Å². The fraction of sp³-hybridized carbons (Fsp3) is 0.0769. The number of benzene rings is 1. The van der Waals surface area contributed by atoms with E-state index in [2.05, 4.69) is 6.58 Å². The second-order valence-corrected chi connectivity index (χ2v) is 3.09. The monoisotopic (exact) mass is 215 g/mol. The summed E-state index contributed by atoms with van der Waals surface area (Å²) in [7, 11) is 0. The number of allylic oxidation sites excluding steroid dienone is 1. The summed E-state index contributed by atoms with van der Waals surface area (Å²) >= 11 is 0. The number of nitrogens with zero attached hydrogens (tertiary/aromatic N) is 1. The Hall–Kier alpha value is -2.16. The molecule has 0 aromatic heterocycles. The molecule has 2 rings (SSSR count). The van der Waals surface area contributed by atoms with Crippen molar-refractivity contribution in [3.8, 4) is 0 Å². The Morgan fingerprint density at radius 2 is 1.50 bits per heavy atom. The molecule has 0 aliphatic carbocycles. The molecule has 0 fully saturated rings. The molecule has 2 amide bonds. The number of anilines is 1. The highest BCUT2D eigenvalue weighted by molar-refractivity contribution is 6.28. The first-order valence-electron chi connectivity index (χ1n) is 4.89. The van der Waals surface area contributed by atoms with Crippen LogP contribution in [0.4, 0.5) is 5.69 Å². The molecule has 0 saturated carbocycles. The van der Waals surface area contributed by atoms with Crippen molar-refractivity contribution in [1.29, 1.82) is 0 Å². The fourth-order valence-corrected chi connectivity index (χ4v) is 1.23. The number of hydrogen-bond donors (Lipinski definition) is 0. The zero-order valence-corrected chi connectivity index (χ0v) is 9.09. The third-order valence-electron chi connectivity index (χ3n) is 1.82. The molecule has 0 atom stereocenters. The Morgan fingerprint density at radius 3 is 1.94 bits per heavy atom. The van der Waals surface area contributed by atoms with E-state index in [0.29, 0.717) is 5.69 Å². The quantitative estimate of drug-likeness (QED) is 0.532. The van der Waals surface area contributed by atoms with Crippen molar-refractivity contribution >= 4 is 17.5 Å². The van der Waals surface area contributed by atoms with Crippen molar-refractivity contribution in [2.75, 3.05) is 4.90 Å². The molecular weight excluding hydrogens is 202 g/mol. The summed E-state index contributed by atoms with van der Waals surface area (Å²) in [5.41, 5.74) is 0.613. The van der Waals surface area contributed by atoms with Gasteiger partial charge < -0.3 is 0 Å². The molecule has 0 spiro atoms. The van der Waals surface area contributed by atoms with Crippen LogP contribution in [0.2, 0.25) is 0 Å². The number of carbonyl (C=O) groups is 2. The maximum absolute atomic E-state index is 11.2. The van der Waals surface area contributed by atoms with Crippen LogP contribution < -0.4 is 4.90 Å². The largest absolute Gasteiger partial charge is 0.269 e. The summed E-state index contributed by atoms with van der Waals surface area (Å²) in [6.45, 7) is 5.25. The normalized spacial score (nSPS) is 13.4. The van der Waals surface area contributed by atoms with E-state index in [1.54, 1.807) is 30.3 Å². The average Bonchev–Trinajstić information content (AvgIpc) is 2.61. The van der Waals surface area contributed by atoms with Crippen molar-refractivity contribution in [3.63, 3.8) is 0 Å². The molecule has 1 aromatic rings. The van der Waals surface area contributed by atoms with Crippen LogP contribution in [0, 0.1) is 0 Å². The molecule has 3 nitrogen and oxygen atoms in total. The van der Waals surface area contributed by atoms with Gasteiger partial charge in [-0.25, -0.2) is 4.90 Å². The van der Waals surface area contributed by atoms with Crippen LogP contribution in [0.5, 0.6) is 0 Å². The van der Waals surface area contributed by atoms with Crippen LogP contribution >= 0.6 is 0 Å². The minimum absolute atomic E-state index is 0.281. The minimum Gasteiger partial charge on any atom is -0.269 e.